The average molecular weight is 423 g/mol. The van der Waals surface area contributed by atoms with E-state index in [0.29, 0.717) is 6.54 Å². The first-order valence-corrected chi connectivity index (χ1v) is 12.4. The van der Waals surface area contributed by atoms with Crippen LogP contribution in [0.1, 0.15) is 88.7 Å². The lowest BCUT2D eigenvalue weighted by atomic mass is 10.1. The molecule has 0 unspecified atom stereocenters. The molecule has 0 bridgehead atoms. The monoisotopic (exact) mass is 422 g/mol. The van der Waals surface area contributed by atoms with Crippen LogP contribution in [-0.2, 0) is 6.54 Å². The van der Waals surface area contributed by atoms with E-state index in [1.165, 1.54) is 75.3 Å². The number of hydrogen-bond donors (Lipinski definition) is 1. The maximum absolute atomic E-state index is 12.9. The van der Waals surface area contributed by atoms with Gasteiger partial charge in [0.15, 0.2) is 0 Å². The fraction of sp³-hybridized carbons (Fsp3) is 0.536. The normalized spacial score (nSPS) is 10.8. The highest BCUT2D eigenvalue weighted by Crippen LogP contribution is 2.14. The number of urea groups is 1. The third-order valence-electron chi connectivity index (χ3n) is 5.84. The van der Waals surface area contributed by atoms with Gasteiger partial charge in [0.25, 0.3) is 0 Å². The van der Waals surface area contributed by atoms with Gasteiger partial charge in [-0.15, -0.1) is 0 Å². The van der Waals surface area contributed by atoms with Gasteiger partial charge in [-0.1, -0.05) is 119 Å². The maximum Gasteiger partial charge on any atom is 0.322 e. The lowest BCUT2D eigenvalue weighted by Gasteiger charge is -2.23. The van der Waals surface area contributed by atoms with Crippen molar-refractivity contribution in [3.05, 3.63) is 65.7 Å². The first kappa shape index (κ1) is 25.0. The molecule has 3 nitrogen and oxygen atoms in total. The standard InChI is InChI=1S/C28H42N2O/c1-3-4-5-6-7-8-9-10-11-12-16-23-30(24-26-17-14-13-15-18-26)28(31)29-27-21-19-25(2)20-22-27/h13-15,17-22H,3-12,16,23-24H2,1-2H3,(H,29,31). The molecule has 0 saturated heterocycles. The number of rotatable bonds is 15. The van der Waals surface area contributed by atoms with Crippen molar-refractivity contribution in [3.8, 4) is 0 Å². The quantitative estimate of drug-likeness (QED) is 0.287. The minimum Gasteiger partial charge on any atom is -0.320 e. The number of carbonyl (C=O) groups excluding carboxylic acids is 1. The largest absolute Gasteiger partial charge is 0.322 e. The Bertz CT molecular complexity index is 712. The number of carbonyl (C=O) groups is 1. The molecule has 170 valence electrons. The van der Waals surface area contributed by atoms with E-state index in [-0.39, 0.29) is 6.03 Å². The predicted molar refractivity (Wildman–Crippen MR) is 134 cm³/mol. The number of unbranched alkanes of at least 4 members (excludes halogenated alkanes) is 10. The van der Waals surface area contributed by atoms with Crippen LogP contribution in [0.2, 0.25) is 0 Å². The summed E-state index contributed by atoms with van der Waals surface area (Å²) in [5.41, 5.74) is 3.22. The minimum atomic E-state index is -0.0141. The molecule has 0 aromatic heterocycles. The second kappa shape index (κ2) is 15.5. The van der Waals surface area contributed by atoms with E-state index in [4.69, 9.17) is 0 Å². The molecule has 0 aliphatic carbocycles. The summed E-state index contributed by atoms with van der Waals surface area (Å²) in [6.07, 6.45) is 14.5. The fourth-order valence-electron chi connectivity index (χ4n) is 3.86. The van der Waals surface area contributed by atoms with Crippen LogP contribution >= 0.6 is 0 Å². The Hall–Kier alpha value is -2.29. The Kier molecular flexibility index (Phi) is 12.5. The zero-order valence-corrected chi connectivity index (χ0v) is 19.7. The summed E-state index contributed by atoms with van der Waals surface area (Å²) in [5.74, 6) is 0. The van der Waals surface area contributed by atoms with Gasteiger partial charge < -0.3 is 10.2 Å². The molecule has 0 fully saturated rings. The van der Waals surface area contributed by atoms with Crippen molar-refractivity contribution in [2.75, 3.05) is 11.9 Å². The third-order valence-corrected chi connectivity index (χ3v) is 5.84. The lowest BCUT2D eigenvalue weighted by molar-refractivity contribution is 0.207. The van der Waals surface area contributed by atoms with E-state index in [2.05, 4.69) is 31.3 Å². The molecule has 0 spiro atoms. The summed E-state index contributed by atoms with van der Waals surface area (Å²) in [5, 5.41) is 3.07. The van der Waals surface area contributed by atoms with Crippen molar-refractivity contribution in [3.63, 3.8) is 0 Å². The van der Waals surface area contributed by atoms with Crippen LogP contribution in [0.15, 0.2) is 54.6 Å². The fourth-order valence-corrected chi connectivity index (χ4v) is 3.86. The molecule has 2 aromatic carbocycles. The number of anilines is 1. The second-order valence-electron chi connectivity index (χ2n) is 8.74. The molecule has 31 heavy (non-hydrogen) atoms. The van der Waals surface area contributed by atoms with E-state index in [1.54, 1.807) is 0 Å². The Labute approximate surface area is 190 Å². The van der Waals surface area contributed by atoms with E-state index < -0.39 is 0 Å². The van der Waals surface area contributed by atoms with Crippen molar-refractivity contribution in [1.82, 2.24) is 4.90 Å². The molecular weight excluding hydrogens is 380 g/mol. The average Bonchev–Trinajstić information content (AvgIpc) is 2.79. The van der Waals surface area contributed by atoms with Crippen molar-refractivity contribution in [2.24, 2.45) is 0 Å². The number of nitrogens with zero attached hydrogens (tertiary/aromatic N) is 1. The van der Waals surface area contributed by atoms with Crippen LogP contribution in [0.4, 0.5) is 10.5 Å². The van der Waals surface area contributed by atoms with E-state index in [9.17, 15) is 4.79 Å². The highest BCUT2D eigenvalue weighted by Gasteiger charge is 2.14. The van der Waals surface area contributed by atoms with Gasteiger partial charge in [-0.05, 0) is 31.0 Å². The van der Waals surface area contributed by atoms with E-state index in [1.807, 2.05) is 47.4 Å². The molecule has 0 saturated carbocycles. The van der Waals surface area contributed by atoms with E-state index >= 15 is 0 Å². The van der Waals surface area contributed by atoms with Gasteiger partial charge in [0, 0.05) is 18.8 Å². The van der Waals surface area contributed by atoms with Gasteiger partial charge in [0.1, 0.15) is 0 Å². The van der Waals surface area contributed by atoms with Crippen LogP contribution < -0.4 is 5.32 Å². The number of aryl methyl sites for hydroxylation is 1. The lowest BCUT2D eigenvalue weighted by Crippen LogP contribution is -2.35. The predicted octanol–water partition coefficient (Wildman–Crippen LogP) is 8.34. The second-order valence-corrected chi connectivity index (χ2v) is 8.74. The van der Waals surface area contributed by atoms with Crippen LogP contribution in [-0.4, -0.2) is 17.5 Å². The smallest absolute Gasteiger partial charge is 0.320 e. The zero-order chi connectivity index (χ0) is 22.2. The molecule has 1 N–H and O–H groups in total. The number of nitrogens with one attached hydrogen (secondary N) is 1. The summed E-state index contributed by atoms with van der Waals surface area (Å²) in [6.45, 7) is 5.77. The first-order chi connectivity index (χ1) is 15.2. The van der Waals surface area contributed by atoms with Crippen LogP contribution in [0.25, 0.3) is 0 Å². The van der Waals surface area contributed by atoms with Crippen LogP contribution in [0.5, 0.6) is 0 Å². The Morgan fingerprint density at radius 3 is 1.87 bits per heavy atom. The van der Waals surface area contributed by atoms with Crippen molar-refractivity contribution in [2.45, 2.75) is 91.0 Å². The molecule has 3 heteroatoms. The van der Waals surface area contributed by atoms with Crippen LogP contribution in [0, 0.1) is 6.92 Å². The zero-order valence-electron chi connectivity index (χ0n) is 19.7. The summed E-state index contributed by atoms with van der Waals surface area (Å²) < 4.78 is 0. The topological polar surface area (TPSA) is 32.3 Å². The van der Waals surface area contributed by atoms with Gasteiger partial charge in [-0.3, -0.25) is 0 Å². The molecule has 0 atom stereocenters. The molecule has 0 aliphatic rings. The molecule has 2 amide bonds. The number of hydrogen-bond acceptors (Lipinski definition) is 1. The molecule has 0 aliphatic heterocycles. The molecule has 2 aromatic rings. The Balaban J connectivity index is 1.72. The minimum absolute atomic E-state index is 0.0141. The molecule has 2 rings (SSSR count). The summed E-state index contributed by atoms with van der Waals surface area (Å²) in [7, 11) is 0. The summed E-state index contributed by atoms with van der Waals surface area (Å²) >= 11 is 0. The van der Waals surface area contributed by atoms with Crippen molar-refractivity contribution in [1.29, 1.82) is 0 Å². The maximum atomic E-state index is 12.9. The van der Waals surface area contributed by atoms with Gasteiger partial charge in [0.2, 0.25) is 0 Å². The van der Waals surface area contributed by atoms with Gasteiger partial charge in [-0.25, -0.2) is 4.79 Å². The summed E-state index contributed by atoms with van der Waals surface area (Å²) in [6, 6.07) is 18.2. The Morgan fingerprint density at radius 2 is 1.29 bits per heavy atom. The molecular formula is C28H42N2O. The first-order valence-electron chi connectivity index (χ1n) is 12.4. The van der Waals surface area contributed by atoms with Crippen molar-refractivity contribution < 1.29 is 4.79 Å². The molecule has 0 heterocycles. The SMILES string of the molecule is CCCCCCCCCCCCCN(Cc1ccccc1)C(=O)Nc1ccc(C)cc1. The van der Waals surface area contributed by atoms with Gasteiger partial charge in [-0.2, -0.15) is 0 Å². The third kappa shape index (κ3) is 11.1. The highest BCUT2D eigenvalue weighted by molar-refractivity contribution is 5.89. The Morgan fingerprint density at radius 1 is 0.742 bits per heavy atom. The number of benzene rings is 2. The summed E-state index contributed by atoms with van der Waals surface area (Å²) in [4.78, 5) is 14.9. The highest BCUT2D eigenvalue weighted by atomic mass is 16.2. The van der Waals surface area contributed by atoms with E-state index in [0.717, 1.165) is 18.7 Å². The van der Waals surface area contributed by atoms with Gasteiger partial charge in [0.05, 0.1) is 0 Å². The number of amides is 2. The van der Waals surface area contributed by atoms with Crippen LogP contribution in [0.3, 0.4) is 0 Å². The molecule has 0 radical (unpaired) electrons. The van der Waals surface area contributed by atoms with Crippen molar-refractivity contribution >= 4 is 11.7 Å². The van der Waals surface area contributed by atoms with Gasteiger partial charge >= 0.3 is 6.03 Å².